The van der Waals surface area contributed by atoms with Crippen LogP contribution in [0.4, 0.5) is 4.79 Å². The average Bonchev–Trinajstić information content (AvgIpc) is 2.09. The second kappa shape index (κ2) is 4.70. The van der Waals surface area contributed by atoms with E-state index in [9.17, 15) is 4.79 Å². The minimum Gasteiger partial charge on any atom is -0.444 e. The van der Waals surface area contributed by atoms with Gasteiger partial charge in [0.2, 0.25) is 0 Å². The van der Waals surface area contributed by atoms with Crippen LogP contribution in [0.1, 0.15) is 27.7 Å². The average molecular weight is 256 g/mol. The van der Waals surface area contributed by atoms with Gasteiger partial charge in [0.1, 0.15) is 5.60 Å². The highest BCUT2D eigenvalue weighted by molar-refractivity contribution is 5.69. The third-order valence-electron chi connectivity index (χ3n) is 3.25. The first kappa shape index (κ1) is 13.6. The van der Waals surface area contributed by atoms with Crippen molar-refractivity contribution < 1.29 is 14.3 Å². The SMILES string of the molecule is CC1(CNC2CN(C(=O)OC(C)(C)C)C2)COC1. The van der Waals surface area contributed by atoms with Crippen LogP contribution in [0.15, 0.2) is 0 Å². The fraction of sp³-hybridized carbons (Fsp3) is 0.923. The van der Waals surface area contributed by atoms with Crippen LogP contribution >= 0.6 is 0 Å². The fourth-order valence-electron chi connectivity index (χ4n) is 2.03. The van der Waals surface area contributed by atoms with Gasteiger partial charge in [0.25, 0.3) is 0 Å². The maximum atomic E-state index is 11.7. The van der Waals surface area contributed by atoms with Crippen molar-refractivity contribution >= 4 is 6.09 Å². The molecule has 2 aliphatic heterocycles. The van der Waals surface area contributed by atoms with Crippen LogP contribution in [0.25, 0.3) is 0 Å². The lowest BCUT2D eigenvalue weighted by Gasteiger charge is -2.44. The number of nitrogens with zero attached hydrogens (tertiary/aromatic N) is 1. The van der Waals surface area contributed by atoms with Crippen LogP contribution in [0.2, 0.25) is 0 Å². The summed E-state index contributed by atoms with van der Waals surface area (Å²) >= 11 is 0. The lowest BCUT2D eigenvalue weighted by atomic mass is 9.88. The van der Waals surface area contributed by atoms with E-state index in [1.54, 1.807) is 4.90 Å². The maximum absolute atomic E-state index is 11.7. The molecule has 0 atom stereocenters. The van der Waals surface area contributed by atoms with Crippen molar-refractivity contribution in [1.29, 1.82) is 0 Å². The predicted molar refractivity (Wildman–Crippen MR) is 68.5 cm³/mol. The monoisotopic (exact) mass is 256 g/mol. The van der Waals surface area contributed by atoms with Gasteiger partial charge in [-0.2, -0.15) is 0 Å². The number of ether oxygens (including phenoxy) is 2. The Kier molecular flexibility index (Phi) is 3.56. The van der Waals surface area contributed by atoms with Crippen molar-refractivity contribution in [3.8, 4) is 0 Å². The Balaban J connectivity index is 1.63. The van der Waals surface area contributed by atoms with E-state index < -0.39 is 5.60 Å². The standard InChI is InChI=1S/C13H24N2O3/c1-12(2,3)18-11(16)15-5-10(6-15)14-7-13(4)8-17-9-13/h10,14H,5-9H2,1-4H3. The summed E-state index contributed by atoms with van der Waals surface area (Å²) in [6, 6.07) is 0.398. The number of rotatable bonds is 3. The Morgan fingerprint density at radius 2 is 2.06 bits per heavy atom. The van der Waals surface area contributed by atoms with Gasteiger partial charge >= 0.3 is 6.09 Å². The van der Waals surface area contributed by atoms with Crippen LogP contribution in [-0.2, 0) is 9.47 Å². The molecule has 2 heterocycles. The zero-order chi connectivity index (χ0) is 13.4. The molecule has 2 fully saturated rings. The van der Waals surface area contributed by atoms with E-state index in [1.165, 1.54) is 0 Å². The number of carbonyl (C=O) groups is 1. The molecule has 0 aromatic rings. The fourth-order valence-corrected chi connectivity index (χ4v) is 2.03. The number of likely N-dealkylation sites (tertiary alicyclic amines) is 1. The lowest BCUT2D eigenvalue weighted by Crippen LogP contribution is -2.62. The number of nitrogens with one attached hydrogen (secondary N) is 1. The molecular weight excluding hydrogens is 232 g/mol. The van der Waals surface area contributed by atoms with Crippen LogP contribution in [0, 0.1) is 5.41 Å². The van der Waals surface area contributed by atoms with E-state index in [0.29, 0.717) is 6.04 Å². The molecule has 0 radical (unpaired) electrons. The van der Waals surface area contributed by atoms with Crippen molar-refractivity contribution in [3.05, 3.63) is 0 Å². The molecule has 0 unspecified atom stereocenters. The second-order valence-electron chi connectivity index (χ2n) is 6.77. The Bertz CT molecular complexity index is 315. The van der Waals surface area contributed by atoms with Gasteiger partial charge in [-0.15, -0.1) is 0 Å². The summed E-state index contributed by atoms with van der Waals surface area (Å²) in [6.07, 6.45) is -0.210. The molecule has 0 aromatic heterocycles. The maximum Gasteiger partial charge on any atom is 0.410 e. The third kappa shape index (κ3) is 3.36. The minimum absolute atomic E-state index is 0.210. The Morgan fingerprint density at radius 3 is 2.50 bits per heavy atom. The van der Waals surface area contributed by atoms with Gasteiger partial charge in [0.05, 0.1) is 13.2 Å². The third-order valence-corrected chi connectivity index (χ3v) is 3.25. The normalized spacial score (nSPS) is 23.2. The van der Waals surface area contributed by atoms with E-state index in [-0.39, 0.29) is 11.5 Å². The Morgan fingerprint density at radius 1 is 1.44 bits per heavy atom. The van der Waals surface area contributed by atoms with E-state index in [4.69, 9.17) is 9.47 Å². The van der Waals surface area contributed by atoms with Crippen LogP contribution < -0.4 is 5.32 Å². The summed E-state index contributed by atoms with van der Waals surface area (Å²) in [5.41, 5.74) is -0.126. The first-order chi connectivity index (χ1) is 8.27. The van der Waals surface area contributed by atoms with Gasteiger partial charge in [-0.05, 0) is 20.8 Å². The molecule has 2 aliphatic rings. The summed E-state index contributed by atoms with van der Waals surface area (Å²) in [7, 11) is 0. The van der Waals surface area contributed by atoms with Crippen molar-refractivity contribution in [2.75, 3.05) is 32.8 Å². The van der Waals surface area contributed by atoms with Gasteiger partial charge in [-0.1, -0.05) is 6.92 Å². The second-order valence-corrected chi connectivity index (χ2v) is 6.77. The first-order valence-electron chi connectivity index (χ1n) is 6.57. The van der Waals surface area contributed by atoms with Gasteiger partial charge in [-0.25, -0.2) is 4.79 Å². The molecule has 5 heteroatoms. The van der Waals surface area contributed by atoms with Crippen molar-refractivity contribution in [2.24, 2.45) is 5.41 Å². The summed E-state index contributed by atoms with van der Waals surface area (Å²) in [5, 5.41) is 3.48. The highest BCUT2D eigenvalue weighted by atomic mass is 16.6. The number of hydrogen-bond acceptors (Lipinski definition) is 4. The lowest BCUT2D eigenvalue weighted by molar-refractivity contribution is -0.102. The zero-order valence-electron chi connectivity index (χ0n) is 11.8. The van der Waals surface area contributed by atoms with Gasteiger partial charge in [-0.3, -0.25) is 0 Å². The summed E-state index contributed by atoms with van der Waals surface area (Å²) < 4.78 is 10.5. The van der Waals surface area contributed by atoms with E-state index in [0.717, 1.165) is 32.8 Å². The number of carbonyl (C=O) groups excluding carboxylic acids is 1. The van der Waals surface area contributed by atoms with Crippen LogP contribution in [-0.4, -0.2) is 55.5 Å². The minimum atomic E-state index is -0.410. The molecule has 0 spiro atoms. The number of hydrogen-bond donors (Lipinski definition) is 1. The Labute approximate surface area is 109 Å². The van der Waals surface area contributed by atoms with Gasteiger partial charge in [0, 0.05) is 31.1 Å². The molecule has 18 heavy (non-hydrogen) atoms. The highest BCUT2D eigenvalue weighted by Crippen LogP contribution is 2.26. The molecule has 1 N–H and O–H groups in total. The summed E-state index contributed by atoms with van der Waals surface area (Å²) in [6.45, 7) is 12.0. The molecule has 0 bridgehead atoms. The first-order valence-corrected chi connectivity index (χ1v) is 6.57. The smallest absolute Gasteiger partial charge is 0.410 e. The van der Waals surface area contributed by atoms with Gasteiger partial charge < -0.3 is 19.7 Å². The highest BCUT2D eigenvalue weighted by Gasteiger charge is 2.37. The molecule has 0 aliphatic carbocycles. The van der Waals surface area contributed by atoms with Crippen molar-refractivity contribution in [2.45, 2.75) is 39.3 Å². The molecule has 0 aromatic carbocycles. The summed E-state index contributed by atoms with van der Waals surface area (Å²) in [4.78, 5) is 13.4. The molecule has 2 rings (SSSR count). The van der Waals surface area contributed by atoms with E-state index >= 15 is 0 Å². The topological polar surface area (TPSA) is 50.8 Å². The molecular formula is C13H24N2O3. The Hall–Kier alpha value is -0.810. The molecule has 5 nitrogen and oxygen atoms in total. The molecule has 1 amide bonds. The van der Waals surface area contributed by atoms with Crippen LogP contribution in [0.5, 0.6) is 0 Å². The zero-order valence-corrected chi connectivity index (χ0v) is 11.8. The predicted octanol–water partition coefficient (Wildman–Crippen LogP) is 1.23. The van der Waals surface area contributed by atoms with E-state index in [1.807, 2.05) is 20.8 Å². The summed E-state index contributed by atoms with van der Waals surface area (Å²) in [5.74, 6) is 0. The van der Waals surface area contributed by atoms with Crippen molar-refractivity contribution in [3.63, 3.8) is 0 Å². The molecule has 104 valence electrons. The molecule has 2 saturated heterocycles. The molecule has 0 saturated carbocycles. The largest absolute Gasteiger partial charge is 0.444 e. The number of amides is 1. The van der Waals surface area contributed by atoms with Crippen molar-refractivity contribution in [1.82, 2.24) is 10.2 Å². The van der Waals surface area contributed by atoms with Gasteiger partial charge in [0.15, 0.2) is 0 Å². The van der Waals surface area contributed by atoms with E-state index in [2.05, 4.69) is 12.2 Å². The quantitative estimate of drug-likeness (QED) is 0.825. The van der Waals surface area contributed by atoms with Crippen LogP contribution in [0.3, 0.4) is 0 Å².